The van der Waals surface area contributed by atoms with Gasteiger partial charge in [-0.05, 0) is 23.8 Å². The number of hydrogen-bond donors (Lipinski definition) is 1. The van der Waals surface area contributed by atoms with Crippen molar-refractivity contribution in [2.24, 2.45) is 0 Å². The summed E-state index contributed by atoms with van der Waals surface area (Å²) in [5, 5.41) is 0.663. The van der Waals surface area contributed by atoms with Crippen molar-refractivity contribution in [3.05, 3.63) is 70.8 Å². The predicted octanol–water partition coefficient (Wildman–Crippen LogP) is 3.78. The molecule has 3 rings (SSSR count). The van der Waals surface area contributed by atoms with Gasteiger partial charge in [-0.2, -0.15) is 0 Å². The topological polar surface area (TPSA) is 28.7 Å². The molecule has 1 aliphatic carbocycles. The summed E-state index contributed by atoms with van der Waals surface area (Å²) in [5.74, 6) is 0.133. The van der Waals surface area contributed by atoms with E-state index in [0.29, 0.717) is 5.15 Å². The average molecular weight is 243 g/mol. The zero-order valence-electron chi connectivity index (χ0n) is 9.10. The number of allylic oxidation sites excluding steroid dienone is 3. The third-order valence-electron chi connectivity index (χ3n) is 2.86. The van der Waals surface area contributed by atoms with Crippen LogP contribution in [0.5, 0.6) is 0 Å². The number of aromatic nitrogens is 2. The molecule has 2 nitrogen and oxygen atoms in total. The van der Waals surface area contributed by atoms with Gasteiger partial charge in [0.1, 0.15) is 5.15 Å². The Kier molecular flexibility index (Phi) is 2.57. The number of hydrogen-bond acceptors (Lipinski definition) is 1. The molecule has 84 valence electrons. The minimum atomic E-state index is 0.133. The normalized spacial score (nSPS) is 17.8. The molecule has 1 N–H and O–H groups in total. The molecule has 0 spiro atoms. The highest BCUT2D eigenvalue weighted by molar-refractivity contribution is 6.29. The molecule has 0 saturated heterocycles. The van der Waals surface area contributed by atoms with Gasteiger partial charge >= 0.3 is 0 Å². The highest BCUT2D eigenvalue weighted by atomic mass is 35.5. The van der Waals surface area contributed by atoms with Crippen LogP contribution in [-0.4, -0.2) is 9.97 Å². The van der Waals surface area contributed by atoms with Gasteiger partial charge in [-0.3, -0.25) is 4.98 Å². The third kappa shape index (κ3) is 1.92. The van der Waals surface area contributed by atoms with Crippen LogP contribution >= 0.6 is 11.6 Å². The Morgan fingerprint density at radius 2 is 2.18 bits per heavy atom. The van der Waals surface area contributed by atoms with Gasteiger partial charge in [0, 0.05) is 11.9 Å². The van der Waals surface area contributed by atoms with Gasteiger partial charge in [0.2, 0.25) is 0 Å². The van der Waals surface area contributed by atoms with Crippen molar-refractivity contribution in [1.82, 2.24) is 9.97 Å². The van der Waals surface area contributed by atoms with Crippen LogP contribution in [0.2, 0.25) is 5.15 Å². The molecular formula is C14H11ClN2. The molecule has 0 bridgehead atoms. The molecule has 0 saturated carbocycles. The molecule has 1 aliphatic rings. The molecule has 0 aliphatic heterocycles. The lowest BCUT2D eigenvalue weighted by Crippen LogP contribution is -2.01. The van der Waals surface area contributed by atoms with Crippen LogP contribution in [0, 0.1) is 0 Å². The standard InChI is InChI=1S/C14H11ClN2/c15-13-9-10-5-1-2-6-11(14(10)17-13)12-7-3-4-8-16-12/h1-9,11,17H. The van der Waals surface area contributed by atoms with E-state index in [1.54, 1.807) is 0 Å². The SMILES string of the molecule is Clc1cc2c([nH]1)C(c1ccccn1)C=CC=C2. The van der Waals surface area contributed by atoms with Gasteiger partial charge < -0.3 is 4.98 Å². The van der Waals surface area contributed by atoms with E-state index in [2.05, 4.69) is 22.1 Å². The molecule has 1 unspecified atom stereocenters. The summed E-state index contributed by atoms with van der Waals surface area (Å²) in [5.41, 5.74) is 3.24. The Morgan fingerprint density at radius 3 is 3.00 bits per heavy atom. The maximum Gasteiger partial charge on any atom is 0.107 e. The predicted molar refractivity (Wildman–Crippen MR) is 70.1 cm³/mol. The Bertz CT molecular complexity index is 582. The van der Waals surface area contributed by atoms with Gasteiger partial charge in [-0.15, -0.1) is 0 Å². The Hall–Kier alpha value is -1.80. The number of nitrogens with zero attached hydrogens (tertiary/aromatic N) is 1. The van der Waals surface area contributed by atoms with E-state index in [4.69, 9.17) is 11.6 Å². The van der Waals surface area contributed by atoms with Gasteiger partial charge in [0.15, 0.2) is 0 Å². The number of pyridine rings is 1. The van der Waals surface area contributed by atoms with E-state index < -0.39 is 0 Å². The molecule has 2 aromatic heterocycles. The van der Waals surface area contributed by atoms with Crippen LogP contribution in [-0.2, 0) is 0 Å². The van der Waals surface area contributed by atoms with E-state index in [1.807, 2.05) is 42.6 Å². The van der Waals surface area contributed by atoms with E-state index in [9.17, 15) is 0 Å². The van der Waals surface area contributed by atoms with Crippen molar-refractivity contribution in [1.29, 1.82) is 0 Å². The summed E-state index contributed by atoms with van der Waals surface area (Å²) in [6, 6.07) is 7.89. The number of H-pyrrole nitrogens is 1. The minimum absolute atomic E-state index is 0.133. The molecule has 0 amide bonds. The molecule has 3 heteroatoms. The van der Waals surface area contributed by atoms with Gasteiger partial charge in [0.05, 0.1) is 11.6 Å². The second-order valence-corrected chi connectivity index (χ2v) is 4.37. The molecular weight excluding hydrogens is 232 g/mol. The summed E-state index contributed by atoms with van der Waals surface area (Å²) in [6.45, 7) is 0. The molecule has 1 atom stereocenters. The Balaban J connectivity index is 2.13. The van der Waals surface area contributed by atoms with Gasteiger partial charge in [-0.1, -0.05) is 42.0 Å². The van der Waals surface area contributed by atoms with Crippen molar-refractivity contribution in [2.45, 2.75) is 5.92 Å². The van der Waals surface area contributed by atoms with Crippen LogP contribution in [0.4, 0.5) is 0 Å². The first kappa shape index (κ1) is 10.4. The van der Waals surface area contributed by atoms with Crippen molar-refractivity contribution in [2.75, 3.05) is 0 Å². The first-order chi connectivity index (χ1) is 8.34. The monoisotopic (exact) mass is 242 g/mol. The summed E-state index contributed by atoms with van der Waals surface area (Å²) in [6.07, 6.45) is 10.0. The Morgan fingerprint density at radius 1 is 1.24 bits per heavy atom. The fraction of sp³-hybridized carbons (Fsp3) is 0.0714. The third-order valence-corrected chi connectivity index (χ3v) is 3.06. The van der Waals surface area contributed by atoms with Crippen LogP contribution in [0.25, 0.3) is 6.08 Å². The number of aromatic amines is 1. The zero-order valence-corrected chi connectivity index (χ0v) is 9.85. The molecule has 0 fully saturated rings. The average Bonchev–Trinajstić information content (AvgIpc) is 2.61. The van der Waals surface area contributed by atoms with Crippen molar-refractivity contribution in [3.8, 4) is 0 Å². The second-order valence-electron chi connectivity index (χ2n) is 3.96. The maximum absolute atomic E-state index is 6.02. The molecule has 0 radical (unpaired) electrons. The molecule has 2 aromatic rings. The summed E-state index contributed by atoms with van der Waals surface area (Å²) >= 11 is 6.02. The van der Waals surface area contributed by atoms with E-state index in [0.717, 1.165) is 17.0 Å². The first-order valence-electron chi connectivity index (χ1n) is 5.49. The summed E-state index contributed by atoms with van der Waals surface area (Å²) in [4.78, 5) is 7.62. The van der Waals surface area contributed by atoms with Crippen molar-refractivity contribution in [3.63, 3.8) is 0 Å². The summed E-state index contributed by atoms with van der Waals surface area (Å²) < 4.78 is 0. The minimum Gasteiger partial charge on any atom is -0.348 e. The van der Waals surface area contributed by atoms with E-state index in [-0.39, 0.29) is 5.92 Å². The van der Waals surface area contributed by atoms with Crippen LogP contribution in [0.1, 0.15) is 22.9 Å². The highest BCUT2D eigenvalue weighted by Crippen LogP contribution is 2.31. The number of rotatable bonds is 1. The van der Waals surface area contributed by atoms with E-state index >= 15 is 0 Å². The van der Waals surface area contributed by atoms with E-state index in [1.165, 1.54) is 0 Å². The lowest BCUT2D eigenvalue weighted by atomic mass is 9.98. The Labute approximate surface area is 105 Å². The quantitative estimate of drug-likeness (QED) is 0.810. The van der Waals surface area contributed by atoms with Crippen LogP contribution in [0.15, 0.2) is 48.7 Å². The zero-order chi connectivity index (χ0) is 11.7. The highest BCUT2D eigenvalue weighted by Gasteiger charge is 2.18. The molecule has 2 heterocycles. The fourth-order valence-electron chi connectivity index (χ4n) is 2.08. The molecule has 0 aromatic carbocycles. The maximum atomic E-state index is 6.02. The van der Waals surface area contributed by atoms with Gasteiger partial charge in [-0.25, -0.2) is 0 Å². The number of halogens is 1. The lowest BCUT2D eigenvalue weighted by Gasteiger charge is -2.11. The number of fused-ring (bicyclic) bond motifs is 1. The number of nitrogens with one attached hydrogen (secondary N) is 1. The fourth-order valence-corrected chi connectivity index (χ4v) is 2.30. The van der Waals surface area contributed by atoms with Crippen molar-refractivity contribution >= 4 is 17.7 Å². The van der Waals surface area contributed by atoms with Crippen LogP contribution in [0.3, 0.4) is 0 Å². The second kappa shape index (κ2) is 4.22. The largest absolute Gasteiger partial charge is 0.348 e. The smallest absolute Gasteiger partial charge is 0.107 e. The van der Waals surface area contributed by atoms with Crippen molar-refractivity contribution < 1.29 is 0 Å². The lowest BCUT2D eigenvalue weighted by molar-refractivity contribution is 0.917. The van der Waals surface area contributed by atoms with Crippen LogP contribution < -0.4 is 0 Å². The molecule has 17 heavy (non-hydrogen) atoms. The first-order valence-corrected chi connectivity index (χ1v) is 5.86. The summed E-state index contributed by atoms with van der Waals surface area (Å²) in [7, 11) is 0. The van der Waals surface area contributed by atoms with Gasteiger partial charge in [0.25, 0.3) is 0 Å².